The highest BCUT2D eigenvalue weighted by atomic mass is 16.5. The zero-order valence-electron chi connectivity index (χ0n) is 14.1. The van der Waals surface area contributed by atoms with E-state index in [4.69, 9.17) is 10.5 Å². The first-order valence-corrected chi connectivity index (χ1v) is 8.49. The fourth-order valence-corrected chi connectivity index (χ4v) is 2.47. The molecule has 1 amide bonds. The molecule has 4 heteroatoms. The molecule has 0 heterocycles. The van der Waals surface area contributed by atoms with Gasteiger partial charge in [0, 0.05) is 19.5 Å². The molecular formula is C20H26N2O2. The van der Waals surface area contributed by atoms with Crippen LogP contribution in [0.5, 0.6) is 5.75 Å². The fraction of sp³-hybridized carbons (Fsp3) is 0.350. The fourth-order valence-electron chi connectivity index (χ4n) is 2.47. The van der Waals surface area contributed by atoms with E-state index in [0.29, 0.717) is 39.1 Å². The quantitative estimate of drug-likeness (QED) is 0.682. The lowest BCUT2D eigenvalue weighted by molar-refractivity contribution is -0.132. The standard InChI is InChI=1S/C20H26N2O2/c21-14-8-15-22(17-18-9-3-1-4-10-18)20(23)13-7-16-24-19-11-5-2-6-12-19/h1-6,9-12H,7-8,13-17,21H2. The van der Waals surface area contributed by atoms with E-state index in [2.05, 4.69) is 0 Å². The summed E-state index contributed by atoms with van der Waals surface area (Å²) in [4.78, 5) is 14.4. The van der Waals surface area contributed by atoms with Gasteiger partial charge in [0.25, 0.3) is 0 Å². The van der Waals surface area contributed by atoms with Crippen molar-refractivity contribution in [3.05, 3.63) is 66.2 Å². The van der Waals surface area contributed by atoms with Crippen molar-refractivity contribution in [2.24, 2.45) is 5.73 Å². The van der Waals surface area contributed by atoms with Crippen LogP contribution in [0.15, 0.2) is 60.7 Å². The number of amides is 1. The number of para-hydroxylation sites is 1. The van der Waals surface area contributed by atoms with Gasteiger partial charge in [-0.2, -0.15) is 0 Å². The van der Waals surface area contributed by atoms with Crippen LogP contribution in [0.1, 0.15) is 24.8 Å². The van der Waals surface area contributed by atoms with Crippen LogP contribution in [0, 0.1) is 0 Å². The number of rotatable bonds is 10. The van der Waals surface area contributed by atoms with Crippen LogP contribution in [-0.4, -0.2) is 30.5 Å². The number of hydrogen-bond donors (Lipinski definition) is 1. The van der Waals surface area contributed by atoms with E-state index < -0.39 is 0 Å². The Kier molecular flexibility index (Phi) is 7.84. The molecule has 0 saturated carbocycles. The Bertz CT molecular complexity index is 587. The molecule has 0 unspecified atom stereocenters. The van der Waals surface area contributed by atoms with Gasteiger partial charge in [0.05, 0.1) is 6.61 Å². The molecule has 0 saturated heterocycles. The van der Waals surface area contributed by atoms with E-state index in [9.17, 15) is 4.79 Å². The van der Waals surface area contributed by atoms with E-state index in [0.717, 1.165) is 17.7 Å². The third-order valence-corrected chi connectivity index (χ3v) is 3.75. The third kappa shape index (κ3) is 6.42. The summed E-state index contributed by atoms with van der Waals surface area (Å²) in [5, 5.41) is 0. The normalized spacial score (nSPS) is 10.4. The Hall–Kier alpha value is -2.33. The molecule has 0 aliphatic rings. The van der Waals surface area contributed by atoms with Gasteiger partial charge in [0.15, 0.2) is 0 Å². The number of nitrogens with zero attached hydrogens (tertiary/aromatic N) is 1. The van der Waals surface area contributed by atoms with Crippen LogP contribution in [0.25, 0.3) is 0 Å². The molecule has 0 atom stereocenters. The van der Waals surface area contributed by atoms with E-state index in [-0.39, 0.29) is 5.91 Å². The Morgan fingerprint density at radius 3 is 2.29 bits per heavy atom. The van der Waals surface area contributed by atoms with E-state index in [1.807, 2.05) is 65.6 Å². The van der Waals surface area contributed by atoms with Gasteiger partial charge in [-0.15, -0.1) is 0 Å². The number of hydrogen-bond acceptors (Lipinski definition) is 3. The molecule has 0 fully saturated rings. The maximum absolute atomic E-state index is 12.5. The first-order valence-electron chi connectivity index (χ1n) is 8.49. The van der Waals surface area contributed by atoms with Crippen molar-refractivity contribution in [3.63, 3.8) is 0 Å². The number of carbonyl (C=O) groups excluding carboxylic acids is 1. The molecule has 2 N–H and O–H groups in total. The van der Waals surface area contributed by atoms with Crippen LogP contribution in [0.3, 0.4) is 0 Å². The molecule has 0 aliphatic heterocycles. The van der Waals surface area contributed by atoms with Crippen molar-refractivity contribution in [1.82, 2.24) is 4.90 Å². The zero-order valence-corrected chi connectivity index (χ0v) is 14.1. The molecule has 2 aromatic carbocycles. The number of benzene rings is 2. The molecule has 2 aromatic rings. The van der Waals surface area contributed by atoms with Crippen molar-refractivity contribution >= 4 is 5.91 Å². The number of nitrogens with two attached hydrogens (primary N) is 1. The minimum atomic E-state index is 0.156. The average Bonchev–Trinajstić information content (AvgIpc) is 2.64. The van der Waals surface area contributed by atoms with Crippen LogP contribution in [0.4, 0.5) is 0 Å². The molecule has 0 spiro atoms. The maximum atomic E-state index is 12.5. The second-order valence-electron chi connectivity index (χ2n) is 5.71. The van der Waals surface area contributed by atoms with Crippen molar-refractivity contribution < 1.29 is 9.53 Å². The highest BCUT2D eigenvalue weighted by Crippen LogP contribution is 2.11. The third-order valence-electron chi connectivity index (χ3n) is 3.75. The molecule has 0 radical (unpaired) electrons. The van der Waals surface area contributed by atoms with Gasteiger partial charge in [-0.1, -0.05) is 48.5 Å². The van der Waals surface area contributed by atoms with Crippen molar-refractivity contribution in [1.29, 1.82) is 0 Å². The highest BCUT2D eigenvalue weighted by Gasteiger charge is 2.13. The van der Waals surface area contributed by atoms with Crippen molar-refractivity contribution in [3.8, 4) is 5.75 Å². The minimum Gasteiger partial charge on any atom is -0.494 e. The first kappa shape index (κ1) is 18.0. The van der Waals surface area contributed by atoms with Gasteiger partial charge in [-0.25, -0.2) is 0 Å². The largest absolute Gasteiger partial charge is 0.494 e. The number of ether oxygens (including phenoxy) is 1. The van der Waals surface area contributed by atoms with Gasteiger partial charge in [0.2, 0.25) is 5.91 Å². The first-order chi connectivity index (χ1) is 11.8. The second-order valence-corrected chi connectivity index (χ2v) is 5.71. The predicted octanol–water partition coefficient (Wildman–Crippen LogP) is 3.22. The van der Waals surface area contributed by atoms with Crippen LogP contribution in [-0.2, 0) is 11.3 Å². The molecular weight excluding hydrogens is 300 g/mol. The molecule has 24 heavy (non-hydrogen) atoms. The summed E-state index contributed by atoms with van der Waals surface area (Å²) in [6, 6.07) is 19.7. The Balaban J connectivity index is 1.78. The SMILES string of the molecule is NCCCN(Cc1ccccc1)C(=O)CCCOc1ccccc1. The van der Waals surface area contributed by atoms with E-state index >= 15 is 0 Å². The lowest BCUT2D eigenvalue weighted by Gasteiger charge is -2.23. The van der Waals surface area contributed by atoms with E-state index in [1.54, 1.807) is 0 Å². The summed E-state index contributed by atoms with van der Waals surface area (Å²) in [6.45, 7) is 2.48. The lowest BCUT2D eigenvalue weighted by atomic mass is 10.2. The monoisotopic (exact) mass is 326 g/mol. The summed E-state index contributed by atoms with van der Waals surface area (Å²) >= 11 is 0. The molecule has 4 nitrogen and oxygen atoms in total. The highest BCUT2D eigenvalue weighted by molar-refractivity contribution is 5.76. The summed E-state index contributed by atoms with van der Waals surface area (Å²) in [5.74, 6) is 0.998. The van der Waals surface area contributed by atoms with Crippen molar-refractivity contribution in [2.75, 3.05) is 19.7 Å². The van der Waals surface area contributed by atoms with Gasteiger partial charge in [-0.05, 0) is 37.1 Å². The summed E-state index contributed by atoms with van der Waals surface area (Å²) in [6.07, 6.45) is 2.02. The Morgan fingerprint density at radius 2 is 1.62 bits per heavy atom. The van der Waals surface area contributed by atoms with Gasteiger partial charge in [-0.3, -0.25) is 4.79 Å². The van der Waals surface area contributed by atoms with E-state index in [1.165, 1.54) is 0 Å². The summed E-state index contributed by atoms with van der Waals surface area (Å²) < 4.78 is 5.64. The molecule has 2 rings (SSSR count). The second kappa shape index (κ2) is 10.4. The van der Waals surface area contributed by atoms with Gasteiger partial charge in [0.1, 0.15) is 5.75 Å². The van der Waals surface area contributed by atoms with Crippen LogP contribution < -0.4 is 10.5 Å². The maximum Gasteiger partial charge on any atom is 0.222 e. The molecule has 0 bridgehead atoms. The van der Waals surface area contributed by atoms with Crippen molar-refractivity contribution in [2.45, 2.75) is 25.8 Å². The lowest BCUT2D eigenvalue weighted by Crippen LogP contribution is -2.32. The number of carbonyl (C=O) groups is 1. The average molecular weight is 326 g/mol. The summed E-state index contributed by atoms with van der Waals surface area (Å²) in [7, 11) is 0. The van der Waals surface area contributed by atoms with Crippen LogP contribution >= 0.6 is 0 Å². The molecule has 0 aromatic heterocycles. The van der Waals surface area contributed by atoms with Crippen LogP contribution in [0.2, 0.25) is 0 Å². The smallest absolute Gasteiger partial charge is 0.222 e. The molecule has 0 aliphatic carbocycles. The topological polar surface area (TPSA) is 55.6 Å². The van der Waals surface area contributed by atoms with Gasteiger partial charge < -0.3 is 15.4 Å². The predicted molar refractivity (Wildman–Crippen MR) is 96.7 cm³/mol. The Labute approximate surface area is 144 Å². The summed E-state index contributed by atoms with van der Waals surface area (Å²) in [5.41, 5.74) is 6.74. The molecule has 128 valence electrons. The van der Waals surface area contributed by atoms with Gasteiger partial charge >= 0.3 is 0 Å². The zero-order chi connectivity index (χ0) is 17.0. The minimum absolute atomic E-state index is 0.156. The Morgan fingerprint density at radius 1 is 0.958 bits per heavy atom.